The molecule has 2 aromatic carbocycles. The van der Waals surface area contributed by atoms with Gasteiger partial charge in [-0.3, -0.25) is 0 Å². The fourth-order valence-electron chi connectivity index (χ4n) is 4.50. The van der Waals surface area contributed by atoms with Crippen LogP contribution in [0, 0.1) is 13.8 Å². The van der Waals surface area contributed by atoms with Gasteiger partial charge in [-0.05, 0) is 63.3 Å². The van der Waals surface area contributed by atoms with Gasteiger partial charge in [-0.1, -0.05) is 65.8 Å². The minimum atomic E-state index is -0.514. The molecule has 0 amide bonds. The van der Waals surface area contributed by atoms with Crippen LogP contribution in [0.5, 0.6) is 11.5 Å². The van der Waals surface area contributed by atoms with Crippen LogP contribution in [-0.4, -0.2) is 22.0 Å². The fourth-order valence-corrected chi connectivity index (χ4v) is 11.4. The zero-order chi connectivity index (χ0) is 20.4. The van der Waals surface area contributed by atoms with Gasteiger partial charge < -0.3 is 9.47 Å². The second-order valence-electron chi connectivity index (χ2n) is 9.94. The highest BCUT2D eigenvalue weighted by atomic mass is 31.1. The first-order valence-electron chi connectivity index (χ1n) is 10.1. The summed E-state index contributed by atoms with van der Waals surface area (Å²) in [7, 11) is -1.03. The van der Waals surface area contributed by atoms with Gasteiger partial charge >= 0.3 is 0 Å². The number of fused-ring (bicyclic) bond motifs is 2. The van der Waals surface area contributed by atoms with Crippen LogP contribution in [0.4, 0.5) is 0 Å². The van der Waals surface area contributed by atoms with Gasteiger partial charge in [0, 0.05) is 10.6 Å². The summed E-state index contributed by atoms with van der Waals surface area (Å²) in [5.74, 6) is 2.35. The maximum atomic E-state index is 6.73. The molecule has 4 heteroatoms. The minimum absolute atomic E-state index is 0.100. The molecule has 28 heavy (non-hydrogen) atoms. The fraction of sp³-hybridized carbons (Fsp3) is 0.500. The van der Waals surface area contributed by atoms with Crippen molar-refractivity contribution in [3.8, 4) is 11.5 Å². The molecule has 0 radical (unpaired) electrons. The van der Waals surface area contributed by atoms with Crippen LogP contribution >= 0.6 is 15.8 Å². The van der Waals surface area contributed by atoms with Crippen molar-refractivity contribution in [2.75, 3.05) is 0 Å². The summed E-state index contributed by atoms with van der Waals surface area (Å²) < 4.78 is 13.5. The average Bonchev–Trinajstić information content (AvgIpc) is 3.13. The molecule has 2 heterocycles. The Bertz CT molecular complexity index is 832. The SMILES string of the molecule is Cc1cccc2c1P(C(C)(C)C)[C@@H]([C@H]1Oc3cccc(C)c3P1C(C)(C)C)O2. The molecule has 0 saturated heterocycles. The Hall–Kier alpha value is -1.10. The molecule has 150 valence electrons. The smallest absolute Gasteiger partial charge is 0.162 e. The van der Waals surface area contributed by atoms with Crippen LogP contribution in [0.2, 0.25) is 0 Å². The summed E-state index contributed by atoms with van der Waals surface area (Å²) in [5.41, 5.74) is 2.71. The van der Waals surface area contributed by atoms with Crippen LogP contribution < -0.4 is 20.1 Å². The zero-order valence-electron chi connectivity index (χ0n) is 18.3. The third-order valence-corrected chi connectivity index (χ3v) is 12.6. The quantitative estimate of drug-likeness (QED) is 0.514. The summed E-state index contributed by atoms with van der Waals surface area (Å²) in [6.07, 6.45) is 0. The standard InChI is InChI=1S/C24H32O2P2/c1-15-11-9-13-17-19(15)27(23(3,4)5)21(25-17)22-26-18-14-10-12-16(2)20(18)28(22)24(6,7)8/h9-14,21-22H,1-8H3/t21-,22-,27?,28?/m0/s1. The largest absolute Gasteiger partial charge is 0.481 e. The summed E-state index contributed by atoms with van der Waals surface area (Å²) in [6.45, 7) is 18.6. The van der Waals surface area contributed by atoms with Crippen LogP contribution in [0.1, 0.15) is 52.7 Å². The normalized spacial score (nSPS) is 26.4. The lowest BCUT2D eigenvalue weighted by Crippen LogP contribution is -2.38. The molecule has 0 bridgehead atoms. The molecule has 0 spiro atoms. The first kappa shape index (κ1) is 20.2. The van der Waals surface area contributed by atoms with E-state index in [0.29, 0.717) is 0 Å². The monoisotopic (exact) mass is 414 g/mol. The average molecular weight is 414 g/mol. The van der Waals surface area contributed by atoms with Crippen molar-refractivity contribution in [1.29, 1.82) is 0 Å². The molecular formula is C24H32O2P2. The summed E-state index contributed by atoms with van der Waals surface area (Å²) in [4.78, 5) is 0. The van der Waals surface area contributed by atoms with E-state index in [1.165, 1.54) is 21.7 Å². The number of ether oxygens (including phenoxy) is 2. The highest BCUT2D eigenvalue weighted by molar-refractivity contribution is 7.72. The van der Waals surface area contributed by atoms with Gasteiger partial charge in [-0.25, -0.2) is 0 Å². The lowest BCUT2D eigenvalue weighted by molar-refractivity contribution is 0.171. The Balaban J connectivity index is 1.84. The van der Waals surface area contributed by atoms with E-state index in [0.717, 1.165) is 11.5 Å². The molecule has 0 aromatic heterocycles. The Labute approximate surface area is 172 Å². The van der Waals surface area contributed by atoms with Crippen molar-refractivity contribution < 1.29 is 9.47 Å². The molecule has 0 fully saturated rings. The van der Waals surface area contributed by atoms with Crippen molar-refractivity contribution >= 4 is 26.5 Å². The molecule has 2 aliphatic rings. The van der Waals surface area contributed by atoms with E-state index in [1.807, 2.05) is 0 Å². The van der Waals surface area contributed by atoms with Crippen LogP contribution in [-0.2, 0) is 0 Å². The Morgan fingerprint density at radius 3 is 1.32 bits per heavy atom. The predicted molar refractivity (Wildman–Crippen MR) is 124 cm³/mol. The van der Waals surface area contributed by atoms with Gasteiger partial charge in [-0.2, -0.15) is 0 Å². The summed E-state index contributed by atoms with van der Waals surface area (Å²) >= 11 is 0. The van der Waals surface area contributed by atoms with E-state index in [9.17, 15) is 0 Å². The lowest BCUT2D eigenvalue weighted by atomic mass is 10.2. The minimum Gasteiger partial charge on any atom is -0.481 e. The molecule has 4 atom stereocenters. The van der Waals surface area contributed by atoms with Crippen LogP contribution in [0.25, 0.3) is 0 Å². The zero-order valence-corrected chi connectivity index (χ0v) is 20.1. The van der Waals surface area contributed by atoms with Gasteiger partial charge in [0.25, 0.3) is 0 Å². The van der Waals surface area contributed by atoms with Gasteiger partial charge in [-0.15, -0.1) is 0 Å². The van der Waals surface area contributed by atoms with E-state index in [2.05, 4.69) is 91.8 Å². The lowest BCUT2D eigenvalue weighted by Gasteiger charge is -2.39. The molecule has 2 unspecified atom stereocenters. The first-order valence-corrected chi connectivity index (χ1v) is 12.9. The van der Waals surface area contributed by atoms with E-state index in [1.54, 1.807) is 0 Å². The van der Waals surface area contributed by atoms with Crippen LogP contribution in [0.15, 0.2) is 36.4 Å². The molecule has 2 aromatic rings. The molecule has 0 saturated carbocycles. The molecular weight excluding hydrogens is 382 g/mol. The highest BCUT2D eigenvalue weighted by Gasteiger charge is 2.54. The van der Waals surface area contributed by atoms with Crippen LogP contribution in [0.3, 0.4) is 0 Å². The maximum Gasteiger partial charge on any atom is 0.162 e. The molecule has 0 aliphatic carbocycles. The van der Waals surface area contributed by atoms with Crippen molar-refractivity contribution in [3.05, 3.63) is 47.5 Å². The third-order valence-electron chi connectivity index (χ3n) is 5.58. The Morgan fingerprint density at radius 1 is 0.643 bits per heavy atom. The Kier molecular flexibility index (Phi) is 4.84. The highest BCUT2D eigenvalue weighted by Crippen LogP contribution is 2.68. The second kappa shape index (κ2) is 6.72. The van der Waals surface area contributed by atoms with Crippen molar-refractivity contribution in [1.82, 2.24) is 0 Å². The summed E-state index contributed by atoms with van der Waals surface area (Å²) in [5, 5.41) is 3.19. The van der Waals surface area contributed by atoms with Gasteiger partial charge in [0.1, 0.15) is 11.5 Å². The second-order valence-corrected chi connectivity index (χ2v) is 16.0. The Morgan fingerprint density at radius 2 is 1.00 bits per heavy atom. The van der Waals surface area contributed by atoms with Gasteiger partial charge in [0.15, 0.2) is 11.7 Å². The van der Waals surface area contributed by atoms with E-state index < -0.39 is 15.8 Å². The number of rotatable bonds is 1. The number of aryl methyl sites for hydroxylation is 2. The first-order chi connectivity index (χ1) is 13.0. The third kappa shape index (κ3) is 3.18. The molecule has 2 aliphatic heterocycles. The van der Waals surface area contributed by atoms with E-state index in [4.69, 9.17) is 9.47 Å². The van der Waals surface area contributed by atoms with Gasteiger partial charge in [0.05, 0.1) is 0 Å². The van der Waals surface area contributed by atoms with E-state index >= 15 is 0 Å². The number of hydrogen-bond donors (Lipinski definition) is 0. The van der Waals surface area contributed by atoms with Gasteiger partial charge in [0.2, 0.25) is 0 Å². The molecule has 2 nitrogen and oxygen atoms in total. The number of hydrogen-bond acceptors (Lipinski definition) is 2. The maximum absolute atomic E-state index is 6.73. The van der Waals surface area contributed by atoms with Crippen molar-refractivity contribution in [2.24, 2.45) is 0 Å². The predicted octanol–water partition coefficient (Wildman–Crippen LogP) is 6.25. The number of benzene rings is 2. The topological polar surface area (TPSA) is 18.5 Å². The molecule has 0 N–H and O–H groups in total. The van der Waals surface area contributed by atoms with E-state index in [-0.39, 0.29) is 22.0 Å². The van der Waals surface area contributed by atoms with Crippen molar-refractivity contribution in [3.63, 3.8) is 0 Å². The van der Waals surface area contributed by atoms with Crippen molar-refractivity contribution in [2.45, 2.75) is 77.4 Å². The molecule has 4 rings (SSSR count). The summed E-state index contributed by atoms with van der Waals surface area (Å²) in [6, 6.07) is 13.0.